The average Bonchev–Trinajstić information content (AvgIpc) is 3.31. The summed E-state index contributed by atoms with van der Waals surface area (Å²) in [5.74, 6) is -0.493. The Hall–Kier alpha value is -2.18. The zero-order valence-electron chi connectivity index (χ0n) is 44.1. The Kier molecular flexibility index (Phi) is 52.0. The van der Waals surface area contributed by atoms with Crippen molar-refractivity contribution in [3.8, 4) is 0 Å². The van der Waals surface area contributed by atoms with Crippen molar-refractivity contribution in [3.63, 3.8) is 0 Å². The average molecular weight is 927 g/mol. The van der Waals surface area contributed by atoms with Gasteiger partial charge in [0.2, 0.25) is 5.91 Å². The van der Waals surface area contributed by atoms with Crippen LogP contribution in [0.1, 0.15) is 297 Å². The Bertz CT molecular complexity index is 1130. The lowest BCUT2D eigenvalue weighted by molar-refractivity contribution is -0.151. The minimum Gasteiger partial charge on any atom is -0.462 e. The van der Waals surface area contributed by atoms with E-state index in [1.807, 2.05) is 0 Å². The van der Waals surface area contributed by atoms with E-state index in [1.165, 1.54) is 167 Å². The summed E-state index contributed by atoms with van der Waals surface area (Å²) in [5, 5.41) is 23.9. The summed E-state index contributed by atoms with van der Waals surface area (Å²) in [6.45, 7) is 6.47. The molecule has 0 rings (SSSR count). The molecule has 0 bridgehead atoms. The van der Waals surface area contributed by atoms with Gasteiger partial charge in [-0.05, 0) is 89.9 Å². The van der Waals surface area contributed by atoms with E-state index in [4.69, 9.17) is 4.74 Å². The van der Waals surface area contributed by atoms with Crippen molar-refractivity contribution in [2.75, 3.05) is 6.61 Å². The summed E-state index contributed by atoms with van der Waals surface area (Å²) in [7, 11) is 0. The summed E-state index contributed by atoms with van der Waals surface area (Å²) in [6, 6.07) is -0.708. The van der Waals surface area contributed by atoms with Crippen molar-refractivity contribution in [2.24, 2.45) is 0 Å². The number of unbranched alkanes of at least 4 members (excludes halogenated alkanes) is 32. The molecule has 0 saturated heterocycles. The highest BCUT2D eigenvalue weighted by Gasteiger charge is 2.24. The standard InChI is InChI=1S/C60H111NO5/c1-4-7-10-13-16-19-22-25-27-29-31-34-36-39-42-45-48-51-56(66-60(65)53-50-47-44-41-38-35-32-30-28-26-23-20-17-14-11-8-5-2)54-59(64)61-57(55-62)58(63)52-49-46-43-40-37-33-24-21-18-15-12-9-6-3/h17,20,25-28,32,35,56-58,62-63H,4-16,18-19,21-24,29-31,33-34,36-55H2,1-3H3,(H,61,64)/b20-17-,27-25+,28-26-,35-32-. The number of allylic oxidation sites excluding steroid dienone is 8. The zero-order chi connectivity index (χ0) is 48.1. The first-order valence-corrected chi connectivity index (χ1v) is 28.9. The molecule has 66 heavy (non-hydrogen) atoms. The van der Waals surface area contributed by atoms with E-state index in [-0.39, 0.29) is 24.9 Å². The van der Waals surface area contributed by atoms with Crippen molar-refractivity contribution < 1.29 is 24.5 Å². The predicted octanol–water partition coefficient (Wildman–Crippen LogP) is 17.8. The molecule has 0 aliphatic carbocycles. The number of aliphatic hydroxyl groups is 2. The fourth-order valence-electron chi connectivity index (χ4n) is 8.73. The Morgan fingerprint density at radius 1 is 0.439 bits per heavy atom. The highest BCUT2D eigenvalue weighted by Crippen LogP contribution is 2.18. The van der Waals surface area contributed by atoms with Gasteiger partial charge < -0.3 is 20.3 Å². The maximum Gasteiger partial charge on any atom is 0.306 e. The smallest absolute Gasteiger partial charge is 0.306 e. The van der Waals surface area contributed by atoms with Crippen LogP contribution in [0.4, 0.5) is 0 Å². The fourth-order valence-corrected chi connectivity index (χ4v) is 8.73. The van der Waals surface area contributed by atoms with Crippen LogP contribution in [0.25, 0.3) is 0 Å². The lowest BCUT2D eigenvalue weighted by atomic mass is 10.0. The van der Waals surface area contributed by atoms with E-state index in [0.29, 0.717) is 19.3 Å². The molecule has 0 aromatic carbocycles. The van der Waals surface area contributed by atoms with E-state index < -0.39 is 18.2 Å². The number of nitrogens with one attached hydrogen (secondary N) is 1. The molecular weight excluding hydrogens is 815 g/mol. The molecular formula is C60H111NO5. The van der Waals surface area contributed by atoms with Crippen LogP contribution in [0.5, 0.6) is 0 Å². The summed E-state index contributed by atoms with van der Waals surface area (Å²) in [4.78, 5) is 26.3. The van der Waals surface area contributed by atoms with Crippen molar-refractivity contribution in [2.45, 2.75) is 315 Å². The molecule has 1 amide bonds. The molecule has 3 unspecified atom stereocenters. The Morgan fingerprint density at radius 3 is 1.21 bits per heavy atom. The van der Waals surface area contributed by atoms with Gasteiger partial charge in [-0.15, -0.1) is 0 Å². The molecule has 0 heterocycles. The van der Waals surface area contributed by atoms with Gasteiger partial charge in [0.05, 0.1) is 25.2 Å². The van der Waals surface area contributed by atoms with Gasteiger partial charge in [-0.3, -0.25) is 9.59 Å². The third-order valence-corrected chi connectivity index (χ3v) is 13.1. The second-order valence-electron chi connectivity index (χ2n) is 19.7. The molecule has 0 radical (unpaired) electrons. The fraction of sp³-hybridized carbons (Fsp3) is 0.833. The number of ether oxygens (including phenoxy) is 1. The molecule has 0 aromatic heterocycles. The Balaban J connectivity index is 4.61. The van der Waals surface area contributed by atoms with Crippen LogP contribution in [-0.4, -0.2) is 46.9 Å². The number of carbonyl (C=O) groups is 2. The third kappa shape index (κ3) is 48.3. The summed E-state index contributed by atoms with van der Waals surface area (Å²) >= 11 is 0. The maximum atomic E-state index is 13.3. The molecule has 0 aliphatic rings. The van der Waals surface area contributed by atoms with E-state index in [2.05, 4.69) is 74.7 Å². The quantitative estimate of drug-likeness (QED) is 0.0321. The predicted molar refractivity (Wildman–Crippen MR) is 287 cm³/mol. The lowest BCUT2D eigenvalue weighted by Crippen LogP contribution is -2.46. The van der Waals surface area contributed by atoms with Crippen LogP contribution in [0.3, 0.4) is 0 Å². The number of hydrogen-bond donors (Lipinski definition) is 3. The molecule has 6 heteroatoms. The number of rotatable bonds is 52. The van der Waals surface area contributed by atoms with Crippen LogP contribution in [0, 0.1) is 0 Å². The first-order valence-electron chi connectivity index (χ1n) is 28.9. The molecule has 0 aromatic rings. The SMILES string of the molecule is CCCCC/C=C\C/C=C\C/C=C\CCCCCCC(=O)OC(CCCCCCCCC/C=C/CCCCCCCC)CC(=O)NC(CO)C(O)CCCCCCCCCCCCCCC. The number of amides is 1. The van der Waals surface area contributed by atoms with Crippen LogP contribution < -0.4 is 5.32 Å². The van der Waals surface area contributed by atoms with Gasteiger partial charge in [0.1, 0.15) is 6.10 Å². The summed E-state index contributed by atoms with van der Waals surface area (Å²) in [6.07, 6.45) is 66.0. The minimum atomic E-state index is -0.793. The number of aliphatic hydroxyl groups excluding tert-OH is 2. The monoisotopic (exact) mass is 926 g/mol. The van der Waals surface area contributed by atoms with Crippen LogP contribution in [0.15, 0.2) is 48.6 Å². The molecule has 0 spiro atoms. The van der Waals surface area contributed by atoms with Gasteiger partial charge in [0.15, 0.2) is 0 Å². The van der Waals surface area contributed by atoms with Gasteiger partial charge in [-0.25, -0.2) is 0 Å². The second kappa shape index (κ2) is 53.8. The molecule has 0 aliphatic heterocycles. The van der Waals surface area contributed by atoms with Gasteiger partial charge in [-0.1, -0.05) is 243 Å². The number of hydrogen-bond acceptors (Lipinski definition) is 5. The number of esters is 1. The topological polar surface area (TPSA) is 95.9 Å². The first-order chi connectivity index (χ1) is 32.5. The molecule has 0 saturated carbocycles. The van der Waals surface area contributed by atoms with Gasteiger partial charge in [0.25, 0.3) is 0 Å². The molecule has 3 N–H and O–H groups in total. The second-order valence-corrected chi connectivity index (χ2v) is 19.7. The summed E-state index contributed by atoms with van der Waals surface area (Å²) in [5.41, 5.74) is 0. The Labute approximate surface area is 410 Å². The van der Waals surface area contributed by atoms with Crippen molar-refractivity contribution in [3.05, 3.63) is 48.6 Å². The van der Waals surface area contributed by atoms with Gasteiger partial charge in [0, 0.05) is 6.42 Å². The highest BCUT2D eigenvalue weighted by molar-refractivity contribution is 5.77. The first kappa shape index (κ1) is 63.8. The van der Waals surface area contributed by atoms with Gasteiger partial charge in [-0.2, -0.15) is 0 Å². The van der Waals surface area contributed by atoms with Crippen molar-refractivity contribution >= 4 is 11.9 Å². The molecule has 6 nitrogen and oxygen atoms in total. The van der Waals surface area contributed by atoms with E-state index in [0.717, 1.165) is 83.5 Å². The van der Waals surface area contributed by atoms with E-state index in [9.17, 15) is 19.8 Å². The van der Waals surface area contributed by atoms with E-state index >= 15 is 0 Å². The Morgan fingerprint density at radius 2 is 0.773 bits per heavy atom. The van der Waals surface area contributed by atoms with Crippen molar-refractivity contribution in [1.82, 2.24) is 5.32 Å². The lowest BCUT2D eigenvalue weighted by Gasteiger charge is -2.24. The van der Waals surface area contributed by atoms with Gasteiger partial charge >= 0.3 is 5.97 Å². The van der Waals surface area contributed by atoms with Crippen molar-refractivity contribution in [1.29, 1.82) is 0 Å². The maximum absolute atomic E-state index is 13.3. The molecule has 386 valence electrons. The van der Waals surface area contributed by atoms with Crippen LogP contribution in [0.2, 0.25) is 0 Å². The zero-order valence-corrected chi connectivity index (χ0v) is 44.1. The normalized spacial score (nSPS) is 13.5. The molecule has 0 fully saturated rings. The summed E-state index contributed by atoms with van der Waals surface area (Å²) < 4.78 is 5.95. The number of carbonyl (C=O) groups excluding carboxylic acids is 2. The van der Waals surface area contributed by atoms with Crippen LogP contribution >= 0.6 is 0 Å². The van der Waals surface area contributed by atoms with Crippen LogP contribution in [-0.2, 0) is 14.3 Å². The third-order valence-electron chi connectivity index (χ3n) is 13.1. The largest absolute Gasteiger partial charge is 0.462 e. The minimum absolute atomic E-state index is 0.0668. The molecule has 3 atom stereocenters. The van der Waals surface area contributed by atoms with E-state index in [1.54, 1.807) is 0 Å². The highest BCUT2D eigenvalue weighted by atomic mass is 16.5.